The van der Waals surface area contributed by atoms with Crippen LogP contribution < -0.4 is 16.4 Å². The zero-order valence-corrected chi connectivity index (χ0v) is 12.0. The molecule has 20 heavy (non-hydrogen) atoms. The summed E-state index contributed by atoms with van der Waals surface area (Å²) in [6.07, 6.45) is 0. The van der Waals surface area contributed by atoms with Gasteiger partial charge in [0.15, 0.2) is 5.13 Å². The molecule has 0 aliphatic carbocycles. The summed E-state index contributed by atoms with van der Waals surface area (Å²) in [6.45, 7) is 4.22. The van der Waals surface area contributed by atoms with Crippen molar-refractivity contribution in [1.29, 1.82) is 0 Å². The summed E-state index contributed by atoms with van der Waals surface area (Å²) in [4.78, 5) is 16.5. The number of benzene rings is 1. The Bertz CT molecular complexity index is 641. The number of nitrogens with one attached hydrogen (secondary N) is 2. The van der Waals surface area contributed by atoms with Crippen LogP contribution in [-0.4, -0.2) is 17.4 Å². The summed E-state index contributed by atoms with van der Waals surface area (Å²) >= 11 is 1.17. The molecule has 5 nitrogen and oxygen atoms in total. The molecule has 0 atom stereocenters. The van der Waals surface area contributed by atoms with Crippen molar-refractivity contribution in [2.75, 3.05) is 22.9 Å². The van der Waals surface area contributed by atoms with E-state index in [1.807, 2.05) is 6.92 Å². The van der Waals surface area contributed by atoms with Gasteiger partial charge in [0.2, 0.25) is 0 Å². The molecule has 106 valence electrons. The first kappa shape index (κ1) is 14.3. The van der Waals surface area contributed by atoms with E-state index >= 15 is 0 Å². The predicted octanol–water partition coefficient (Wildman–Crippen LogP) is 2.86. The van der Waals surface area contributed by atoms with Gasteiger partial charge in [0.1, 0.15) is 16.5 Å². The lowest BCUT2D eigenvalue weighted by Gasteiger charge is -2.07. The summed E-state index contributed by atoms with van der Waals surface area (Å²) in [7, 11) is 0. The van der Waals surface area contributed by atoms with E-state index in [0.717, 1.165) is 0 Å². The number of amides is 1. The van der Waals surface area contributed by atoms with Crippen LogP contribution in [0.25, 0.3) is 0 Å². The normalized spacial score (nSPS) is 10.3. The molecule has 0 bridgehead atoms. The monoisotopic (exact) mass is 294 g/mol. The SMILES string of the molecule is CCNc1nc(N)c(C(=O)Nc2cccc(F)c2C)s1. The van der Waals surface area contributed by atoms with Gasteiger partial charge in [-0.3, -0.25) is 4.79 Å². The number of carbonyl (C=O) groups is 1. The quantitative estimate of drug-likeness (QED) is 0.810. The molecule has 1 amide bonds. The number of anilines is 3. The molecule has 1 aromatic carbocycles. The summed E-state index contributed by atoms with van der Waals surface area (Å²) in [5.41, 5.74) is 6.53. The molecule has 0 aliphatic rings. The van der Waals surface area contributed by atoms with Gasteiger partial charge in [-0.05, 0) is 26.0 Å². The van der Waals surface area contributed by atoms with E-state index in [0.29, 0.717) is 27.8 Å². The fourth-order valence-corrected chi connectivity index (χ4v) is 2.49. The Hall–Kier alpha value is -2.15. The lowest BCUT2D eigenvalue weighted by atomic mass is 10.2. The summed E-state index contributed by atoms with van der Waals surface area (Å²) in [6, 6.07) is 4.52. The van der Waals surface area contributed by atoms with Crippen molar-refractivity contribution in [2.45, 2.75) is 13.8 Å². The maximum absolute atomic E-state index is 13.4. The average Bonchev–Trinajstić information content (AvgIpc) is 2.76. The largest absolute Gasteiger partial charge is 0.382 e. The highest BCUT2D eigenvalue weighted by Crippen LogP contribution is 2.26. The number of aromatic nitrogens is 1. The van der Waals surface area contributed by atoms with Gasteiger partial charge in [-0.1, -0.05) is 17.4 Å². The van der Waals surface area contributed by atoms with Crippen LogP contribution in [0.5, 0.6) is 0 Å². The van der Waals surface area contributed by atoms with Gasteiger partial charge in [-0.2, -0.15) is 0 Å². The Morgan fingerprint density at radius 2 is 2.25 bits per heavy atom. The standard InChI is InChI=1S/C13H15FN4OS/c1-3-16-13-18-11(15)10(20-13)12(19)17-9-6-4-5-8(14)7(9)2/h4-6H,3,15H2,1-2H3,(H,16,18)(H,17,19). The third kappa shape index (κ3) is 2.88. The van der Waals surface area contributed by atoms with E-state index in [1.54, 1.807) is 13.0 Å². The predicted molar refractivity (Wildman–Crippen MR) is 79.8 cm³/mol. The number of rotatable bonds is 4. The van der Waals surface area contributed by atoms with Crippen molar-refractivity contribution in [3.05, 3.63) is 34.5 Å². The fraction of sp³-hybridized carbons (Fsp3) is 0.231. The topological polar surface area (TPSA) is 80.0 Å². The van der Waals surface area contributed by atoms with Gasteiger partial charge in [0, 0.05) is 17.8 Å². The third-order valence-corrected chi connectivity index (χ3v) is 3.73. The summed E-state index contributed by atoms with van der Waals surface area (Å²) in [5.74, 6) is -0.594. The van der Waals surface area contributed by atoms with Gasteiger partial charge in [-0.25, -0.2) is 9.37 Å². The highest BCUT2D eigenvalue weighted by molar-refractivity contribution is 7.18. The molecule has 7 heteroatoms. The molecule has 0 fully saturated rings. The van der Waals surface area contributed by atoms with E-state index in [2.05, 4.69) is 15.6 Å². The average molecular weight is 294 g/mol. The molecule has 0 unspecified atom stereocenters. The molecule has 2 aromatic rings. The van der Waals surface area contributed by atoms with Crippen molar-refractivity contribution in [1.82, 2.24) is 4.98 Å². The number of hydrogen-bond acceptors (Lipinski definition) is 5. The van der Waals surface area contributed by atoms with Crippen LogP contribution in [0, 0.1) is 12.7 Å². The smallest absolute Gasteiger partial charge is 0.269 e. The van der Waals surface area contributed by atoms with E-state index < -0.39 is 5.91 Å². The molecule has 1 aromatic heterocycles. The van der Waals surface area contributed by atoms with Crippen LogP contribution in [-0.2, 0) is 0 Å². The summed E-state index contributed by atoms with van der Waals surface area (Å²) in [5, 5.41) is 6.23. The van der Waals surface area contributed by atoms with Crippen LogP contribution in [0.1, 0.15) is 22.2 Å². The van der Waals surface area contributed by atoms with Gasteiger partial charge in [0.05, 0.1) is 0 Å². The Morgan fingerprint density at radius 1 is 1.50 bits per heavy atom. The summed E-state index contributed by atoms with van der Waals surface area (Å²) < 4.78 is 13.4. The van der Waals surface area contributed by atoms with E-state index in [-0.39, 0.29) is 11.6 Å². The minimum atomic E-state index is -0.391. The Kier molecular flexibility index (Phi) is 4.19. The van der Waals surface area contributed by atoms with Crippen LogP contribution in [0.2, 0.25) is 0 Å². The number of nitrogens with two attached hydrogens (primary N) is 1. The number of halogens is 1. The van der Waals surface area contributed by atoms with Crippen molar-refractivity contribution in [3.8, 4) is 0 Å². The maximum Gasteiger partial charge on any atom is 0.269 e. The second-order valence-corrected chi connectivity index (χ2v) is 5.13. The zero-order valence-electron chi connectivity index (χ0n) is 11.2. The molecule has 0 saturated carbocycles. The number of nitrogens with zero attached hydrogens (tertiary/aromatic N) is 1. The molecule has 0 spiro atoms. The van der Waals surface area contributed by atoms with Crippen LogP contribution in [0.3, 0.4) is 0 Å². The minimum absolute atomic E-state index is 0.164. The molecule has 4 N–H and O–H groups in total. The van der Waals surface area contributed by atoms with Crippen LogP contribution in [0.15, 0.2) is 18.2 Å². The Morgan fingerprint density at radius 3 is 2.95 bits per heavy atom. The lowest BCUT2D eigenvalue weighted by Crippen LogP contribution is -2.13. The maximum atomic E-state index is 13.4. The molecule has 0 saturated heterocycles. The first-order chi connectivity index (χ1) is 9.52. The highest BCUT2D eigenvalue weighted by Gasteiger charge is 2.17. The molecule has 1 heterocycles. The van der Waals surface area contributed by atoms with Gasteiger partial charge < -0.3 is 16.4 Å². The third-order valence-electron chi connectivity index (χ3n) is 2.70. The van der Waals surface area contributed by atoms with Crippen molar-refractivity contribution >= 4 is 33.9 Å². The van der Waals surface area contributed by atoms with Crippen molar-refractivity contribution < 1.29 is 9.18 Å². The molecule has 0 radical (unpaired) electrons. The zero-order chi connectivity index (χ0) is 14.7. The number of nitrogen functional groups attached to an aromatic ring is 1. The molecular formula is C13H15FN4OS. The van der Waals surface area contributed by atoms with Crippen molar-refractivity contribution in [3.63, 3.8) is 0 Å². The van der Waals surface area contributed by atoms with Gasteiger partial charge in [0.25, 0.3) is 5.91 Å². The number of hydrogen-bond donors (Lipinski definition) is 3. The Labute approximate surface area is 120 Å². The number of thiazole rings is 1. The molecule has 2 rings (SSSR count). The van der Waals surface area contributed by atoms with E-state index in [1.165, 1.54) is 23.5 Å². The van der Waals surface area contributed by atoms with Crippen LogP contribution >= 0.6 is 11.3 Å². The molecule has 0 aliphatic heterocycles. The first-order valence-electron chi connectivity index (χ1n) is 6.09. The van der Waals surface area contributed by atoms with Gasteiger partial charge in [-0.15, -0.1) is 0 Å². The fourth-order valence-electron chi connectivity index (χ4n) is 1.64. The van der Waals surface area contributed by atoms with Crippen molar-refractivity contribution in [2.24, 2.45) is 0 Å². The first-order valence-corrected chi connectivity index (χ1v) is 6.91. The second-order valence-electron chi connectivity index (χ2n) is 4.13. The van der Waals surface area contributed by atoms with Crippen LogP contribution in [0.4, 0.5) is 21.0 Å². The Balaban J connectivity index is 2.22. The minimum Gasteiger partial charge on any atom is -0.382 e. The molecular weight excluding hydrogens is 279 g/mol. The van der Waals surface area contributed by atoms with E-state index in [4.69, 9.17) is 5.73 Å². The van der Waals surface area contributed by atoms with Gasteiger partial charge >= 0.3 is 0 Å². The van der Waals surface area contributed by atoms with E-state index in [9.17, 15) is 9.18 Å². The highest BCUT2D eigenvalue weighted by atomic mass is 32.1. The number of carbonyl (C=O) groups excluding carboxylic acids is 1. The second kappa shape index (κ2) is 5.87. The lowest BCUT2D eigenvalue weighted by molar-refractivity contribution is 0.103.